The molecule has 1 aromatic heterocycles. The maximum absolute atomic E-state index is 13.1. The molecule has 0 aliphatic carbocycles. The van der Waals surface area contributed by atoms with Crippen molar-refractivity contribution >= 4 is 60.3 Å². The third-order valence-electron chi connectivity index (χ3n) is 4.90. The Morgan fingerprint density at radius 3 is 2.47 bits per heavy atom. The van der Waals surface area contributed by atoms with E-state index in [0.29, 0.717) is 22.0 Å². The van der Waals surface area contributed by atoms with Crippen LogP contribution in [0.2, 0.25) is 5.02 Å². The van der Waals surface area contributed by atoms with Gasteiger partial charge in [-0.1, -0.05) is 29.8 Å². The van der Waals surface area contributed by atoms with Gasteiger partial charge >= 0.3 is 0 Å². The van der Waals surface area contributed by atoms with E-state index >= 15 is 0 Å². The van der Waals surface area contributed by atoms with E-state index in [4.69, 9.17) is 16.3 Å². The highest BCUT2D eigenvalue weighted by molar-refractivity contribution is 7.92. The van der Waals surface area contributed by atoms with Crippen LogP contribution in [0.4, 0.5) is 11.4 Å². The molecule has 32 heavy (non-hydrogen) atoms. The molecule has 0 unspecified atom stereocenters. The van der Waals surface area contributed by atoms with Crippen molar-refractivity contribution in [1.29, 1.82) is 0 Å². The number of amides is 1. The number of carbonyl (C=O) groups excluding carboxylic acids is 1. The number of rotatable bonds is 6. The van der Waals surface area contributed by atoms with E-state index in [9.17, 15) is 13.2 Å². The molecule has 1 amide bonds. The fourth-order valence-corrected chi connectivity index (χ4v) is 5.63. The van der Waals surface area contributed by atoms with Crippen molar-refractivity contribution in [1.82, 2.24) is 0 Å². The zero-order valence-corrected chi connectivity index (χ0v) is 19.6. The second kappa shape index (κ2) is 8.82. The molecule has 0 aliphatic rings. The second-order valence-electron chi connectivity index (χ2n) is 6.92. The molecule has 0 fully saturated rings. The van der Waals surface area contributed by atoms with Crippen molar-refractivity contribution in [2.24, 2.45) is 0 Å². The number of nitrogens with one attached hydrogen (secondary N) is 1. The first-order valence-electron chi connectivity index (χ1n) is 9.52. The lowest BCUT2D eigenvalue weighted by Gasteiger charge is -2.20. The summed E-state index contributed by atoms with van der Waals surface area (Å²) in [6.07, 6.45) is 0. The number of hydrogen-bond acceptors (Lipinski definition) is 5. The van der Waals surface area contributed by atoms with Crippen molar-refractivity contribution in [3.63, 3.8) is 0 Å². The number of nitrogens with zero attached hydrogens (tertiary/aromatic N) is 1. The van der Waals surface area contributed by atoms with E-state index < -0.39 is 10.0 Å². The monoisotopic (exact) mass is 486 g/mol. The molecule has 0 radical (unpaired) electrons. The molecule has 4 aromatic rings. The number of ether oxygens (including phenoxy) is 1. The van der Waals surface area contributed by atoms with E-state index in [1.165, 1.54) is 48.0 Å². The summed E-state index contributed by atoms with van der Waals surface area (Å²) in [5.41, 5.74) is 1.18. The van der Waals surface area contributed by atoms with Crippen LogP contribution in [0.1, 0.15) is 9.67 Å². The van der Waals surface area contributed by atoms with Gasteiger partial charge in [-0.3, -0.25) is 9.10 Å². The highest BCUT2D eigenvalue weighted by Crippen LogP contribution is 2.33. The molecule has 0 saturated heterocycles. The van der Waals surface area contributed by atoms with E-state index in [1.54, 1.807) is 18.2 Å². The summed E-state index contributed by atoms with van der Waals surface area (Å²) in [5, 5.41) is 3.85. The minimum atomic E-state index is -3.84. The number of sulfonamides is 1. The van der Waals surface area contributed by atoms with Crippen molar-refractivity contribution < 1.29 is 17.9 Å². The smallest absolute Gasteiger partial charge is 0.265 e. The van der Waals surface area contributed by atoms with Gasteiger partial charge in [-0.15, -0.1) is 11.3 Å². The number of fused-ring (bicyclic) bond motifs is 1. The minimum absolute atomic E-state index is 0.0548. The van der Waals surface area contributed by atoms with Crippen LogP contribution >= 0.6 is 22.9 Å². The highest BCUT2D eigenvalue weighted by atomic mass is 35.5. The molecule has 0 spiro atoms. The Labute approximate surface area is 195 Å². The molecule has 6 nitrogen and oxygen atoms in total. The molecule has 0 saturated carbocycles. The van der Waals surface area contributed by atoms with Gasteiger partial charge in [0.2, 0.25) is 0 Å². The number of halogens is 1. The van der Waals surface area contributed by atoms with Crippen LogP contribution in [0.3, 0.4) is 0 Å². The van der Waals surface area contributed by atoms with Gasteiger partial charge in [0.05, 0.1) is 27.6 Å². The van der Waals surface area contributed by atoms with E-state index in [0.717, 1.165) is 10.1 Å². The molecule has 4 rings (SSSR count). The van der Waals surface area contributed by atoms with Crippen LogP contribution in [-0.2, 0) is 10.0 Å². The topological polar surface area (TPSA) is 75.7 Å². The van der Waals surface area contributed by atoms with E-state index in [1.807, 2.05) is 36.4 Å². The summed E-state index contributed by atoms with van der Waals surface area (Å²) in [6, 6.07) is 20.5. The van der Waals surface area contributed by atoms with Crippen molar-refractivity contribution in [3.8, 4) is 5.75 Å². The fraction of sp³-hybridized carbons (Fsp3) is 0.0870. The number of para-hydroxylation sites is 1. The number of benzene rings is 3. The molecule has 9 heteroatoms. The van der Waals surface area contributed by atoms with Crippen LogP contribution in [0.25, 0.3) is 10.1 Å². The predicted molar refractivity (Wildman–Crippen MR) is 130 cm³/mol. The van der Waals surface area contributed by atoms with Gasteiger partial charge < -0.3 is 10.1 Å². The first-order chi connectivity index (χ1) is 15.3. The predicted octanol–water partition coefficient (Wildman–Crippen LogP) is 5.64. The molecule has 0 atom stereocenters. The average molecular weight is 487 g/mol. The molecule has 0 aliphatic heterocycles. The summed E-state index contributed by atoms with van der Waals surface area (Å²) in [6.45, 7) is 0. The van der Waals surface area contributed by atoms with Crippen molar-refractivity contribution in [2.75, 3.05) is 23.8 Å². The summed E-state index contributed by atoms with van der Waals surface area (Å²) >= 11 is 7.45. The van der Waals surface area contributed by atoms with Gasteiger partial charge in [0, 0.05) is 17.4 Å². The van der Waals surface area contributed by atoms with E-state index in [2.05, 4.69) is 5.32 Å². The highest BCUT2D eigenvalue weighted by Gasteiger charge is 2.23. The van der Waals surface area contributed by atoms with Crippen molar-refractivity contribution in [2.45, 2.75) is 4.90 Å². The molecular weight excluding hydrogens is 468 g/mol. The first kappa shape index (κ1) is 22.1. The summed E-state index contributed by atoms with van der Waals surface area (Å²) < 4.78 is 33.4. The van der Waals surface area contributed by atoms with E-state index in [-0.39, 0.29) is 15.8 Å². The van der Waals surface area contributed by atoms with Crippen LogP contribution in [0.5, 0.6) is 5.75 Å². The number of anilines is 2. The van der Waals surface area contributed by atoms with Crippen molar-refractivity contribution in [3.05, 3.63) is 82.7 Å². The third kappa shape index (κ3) is 4.29. The standard InChI is InChI=1S/C23H19ClN2O4S2/c1-26(32(28,29)18-9-10-20(30-2)19(24)14-18)17-8-11-21-15(12-17)13-22(31-21)23(27)25-16-6-4-3-5-7-16/h3-14H,1-2H3,(H,25,27). The van der Waals surface area contributed by atoms with Gasteiger partial charge in [-0.2, -0.15) is 0 Å². The van der Waals surface area contributed by atoms with Crippen LogP contribution in [0.15, 0.2) is 77.7 Å². The third-order valence-corrected chi connectivity index (χ3v) is 8.09. The minimum Gasteiger partial charge on any atom is -0.495 e. The SMILES string of the molecule is COc1ccc(S(=O)(=O)N(C)c2ccc3sc(C(=O)Nc4ccccc4)cc3c2)cc1Cl. The number of methoxy groups -OCH3 is 1. The maximum Gasteiger partial charge on any atom is 0.265 e. The zero-order chi connectivity index (χ0) is 22.9. The largest absolute Gasteiger partial charge is 0.495 e. The number of hydrogen-bond donors (Lipinski definition) is 1. The van der Waals surface area contributed by atoms with Gasteiger partial charge in [0.1, 0.15) is 5.75 Å². The Bertz CT molecular complexity index is 1400. The van der Waals surface area contributed by atoms with Gasteiger partial charge in [0.15, 0.2) is 0 Å². The Morgan fingerprint density at radius 2 is 1.78 bits per heavy atom. The first-order valence-corrected chi connectivity index (χ1v) is 12.2. The lowest BCUT2D eigenvalue weighted by molar-refractivity contribution is 0.103. The fourth-order valence-electron chi connectivity index (χ4n) is 3.16. The second-order valence-corrected chi connectivity index (χ2v) is 10.4. The van der Waals surface area contributed by atoms with Gasteiger partial charge in [-0.05, 0) is 60.0 Å². The van der Waals surface area contributed by atoms with Crippen LogP contribution in [-0.4, -0.2) is 28.5 Å². The molecule has 1 N–H and O–H groups in total. The number of thiophene rings is 1. The van der Waals surface area contributed by atoms with Gasteiger partial charge in [0.25, 0.3) is 15.9 Å². The molecule has 1 heterocycles. The zero-order valence-electron chi connectivity index (χ0n) is 17.2. The molecule has 3 aromatic carbocycles. The average Bonchev–Trinajstić information content (AvgIpc) is 3.22. The summed E-state index contributed by atoms with van der Waals surface area (Å²) in [7, 11) is -0.900. The summed E-state index contributed by atoms with van der Waals surface area (Å²) in [4.78, 5) is 13.2. The molecule has 0 bridgehead atoms. The number of carbonyl (C=O) groups is 1. The normalized spacial score (nSPS) is 11.3. The lowest BCUT2D eigenvalue weighted by Crippen LogP contribution is -2.26. The van der Waals surface area contributed by atoms with Crippen LogP contribution in [0, 0.1) is 0 Å². The maximum atomic E-state index is 13.1. The quantitative estimate of drug-likeness (QED) is 0.382. The lowest BCUT2D eigenvalue weighted by atomic mass is 10.2. The molecular formula is C23H19ClN2O4S2. The summed E-state index contributed by atoms with van der Waals surface area (Å²) in [5.74, 6) is 0.182. The Hall–Kier alpha value is -3.07. The Kier molecular flexibility index (Phi) is 6.10. The Balaban J connectivity index is 1.62. The van der Waals surface area contributed by atoms with Crippen LogP contribution < -0.4 is 14.4 Å². The van der Waals surface area contributed by atoms with Gasteiger partial charge in [-0.25, -0.2) is 8.42 Å². The molecule has 164 valence electrons. The Morgan fingerprint density at radius 1 is 1.03 bits per heavy atom.